The van der Waals surface area contributed by atoms with E-state index in [1.54, 1.807) is 36.4 Å². The molecule has 0 aliphatic heterocycles. The summed E-state index contributed by atoms with van der Waals surface area (Å²) < 4.78 is 61.8. The van der Waals surface area contributed by atoms with Crippen LogP contribution in [0.4, 0.5) is 0 Å². The molecule has 2 aliphatic rings. The average molecular weight is 1740 g/mol. The largest absolute Gasteiger partial charge is 0.508 e. The molecule has 2 fully saturated rings. The van der Waals surface area contributed by atoms with E-state index >= 15 is 0 Å². The van der Waals surface area contributed by atoms with E-state index in [0.29, 0.717) is 104 Å². The van der Waals surface area contributed by atoms with Gasteiger partial charge in [0.05, 0.1) is 25.9 Å². The van der Waals surface area contributed by atoms with Crippen molar-refractivity contribution in [1.82, 2.24) is 0 Å². The summed E-state index contributed by atoms with van der Waals surface area (Å²) in [5.41, 5.74) is 10.7. The fraction of sp³-hybridized carbons (Fsp3) is 0.571. The van der Waals surface area contributed by atoms with Crippen LogP contribution >= 0.6 is 0 Å². The number of aromatic hydroxyl groups is 3. The third-order valence-corrected chi connectivity index (χ3v) is 24.2. The molecule has 0 saturated heterocycles. The molecule has 13 unspecified atom stereocenters. The fourth-order valence-electron chi connectivity index (χ4n) is 14.0. The lowest BCUT2D eigenvalue weighted by atomic mass is 9.87. The Morgan fingerprint density at radius 3 is 0.627 bits per heavy atom. The third kappa shape index (κ3) is 48.4. The van der Waals surface area contributed by atoms with Crippen LogP contribution in [0, 0.1) is 5.92 Å². The van der Waals surface area contributed by atoms with Gasteiger partial charge in [0.25, 0.3) is 0 Å². The minimum absolute atomic E-state index is 0.168. The first-order chi connectivity index (χ1) is 60.6. The Balaban J connectivity index is 0.000000377. The Hall–Kier alpha value is -8.08. The van der Waals surface area contributed by atoms with Gasteiger partial charge in [0, 0.05) is 19.8 Å². The van der Waals surface area contributed by atoms with Crippen LogP contribution in [0.5, 0.6) is 46.0 Å². The molecule has 0 amide bonds. The van der Waals surface area contributed by atoms with E-state index in [1.807, 2.05) is 140 Å². The lowest BCUT2D eigenvalue weighted by Gasteiger charge is -2.22. The first-order valence-electron chi connectivity index (χ1n) is 48.5. The average Bonchev–Trinajstić information content (AvgIpc) is 0.889. The first-order valence-corrected chi connectivity index (χ1v) is 48.5. The van der Waals surface area contributed by atoms with Crippen molar-refractivity contribution in [3.05, 3.63) is 239 Å². The Morgan fingerprint density at radius 2 is 0.421 bits per heavy atom. The smallest absolute Gasteiger partial charge is 0.197 e. The predicted molar refractivity (Wildman–Crippen MR) is 527 cm³/mol. The Labute approximate surface area is 766 Å². The Kier molecular flexibility index (Phi) is 59.8. The minimum Gasteiger partial charge on any atom is -0.508 e. The molecule has 10 rings (SSSR count). The lowest BCUT2D eigenvalue weighted by molar-refractivity contribution is -0.0941. The second-order valence-electron chi connectivity index (χ2n) is 34.1. The molecule has 13 atom stereocenters. The highest BCUT2D eigenvalue weighted by molar-refractivity contribution is 5.35. The molecule has 0 bridgehead atoms. The molecule has 14 nitrogen and oxygen atoms in total. The van der Waals surface area contributed by atoms with E-state index in [2.05, 4.69) is 184 Å². The number of ether oxygens (including phenoxy) is 11. The number of hydrogen-bond donors (Lipinski definition) is 3. The standard InChI is InChI=1S/C20H32O3.C20H32O2.3C14H22O2.3C10H14O/c1-4-16(2)18-10-12-20(13-11-18)23-17(3)21-14-15-22-19-8-6-5-7-9-19;1-4-16(2)19-10-12-20(13-11-19)22-17(3)21-15-14-18-8-6-5-7-9-18;3*1-5-11(3)13-7-9-14(10-8-13)16-12(4)15-6-2;3*1-3-8(2)9-4-6-10(11)7-5-9/h10-13,16-17,19H,4-9,14-15H2,1-3H3;10-13,16-18H,4-9,14-15H2,1-3H3;3*7-12H,5-6H2,1-4H3;3*4-8,11H,3H2,1-2H3. The van der Waals surface area contributed by atoms with Gasteiger partial charge in [-0.05, 0) is 321 Å². The summed E-state index contributed by atoms with van der Waals surface area (Å²) in [7, 11) is 0. The molecule has 0 radical (unpaired) electrons. The molecule has 0 spiro atoms. The summed E-state index contributed by atoms with van der Waals surface area (Å²) in [5.74, 6) is 11.1. The molecular formula is C112H172O14. The van der Waals surface area contributed by atoms with Crippen LogP contribution in [-0.4, -0.2) is 92.5 Å². The van der Waals surface area contributed by atoms with Crippen molar-refractivity contribution in [2.24, 2.45) is 5.92 Å². The van der Waals surface area contributed by atoms with Gasteiger partial charge in [-0.1, -0.05) is 259 Å². The van der Waals surface area contributed by atoms with E-state index in [9.17, 15) is 0 Å². The molecule has 0 aromatic heterocycles. The lowest BCUT2D eigenvalue weighted by Crippen LogP contribution is -2.22. The monoisotopic (exact) mass is 1740 g/mol. The van der Waals surface area contributed by atoms with Crippen LogP contribution in [0.1, 0.15) is 380 Å². The predicted octanol–water partition coefficient (Wildman–Crippen LogP) is 31.8. The van der Waals surface area contributed by atoms with Crippen LogP contribution in [0.15, 0.2) is 194 Å². The van der Waals surface area contributed by atoms with Gasteiger partial charge in [-0.2, -0.15) is 0 Å². The summed E-state index contributed by atoms with van der Waals surface area (Å²) in [6, 6.07) is 63.9. The number of phenolic OH excluding ortho intramolecular Hbond substituents is 3. The van der Waals surface area contributed by atoms with E-state index in [0.717, 1.165) is 86.2 Å². The van der Waals surface area contributed by atoms with Gasteiger partial charge in [0.1, 0.15) is 46.0 Å². The van der Waals surface area contributed by atoms with E-state index in [4.69, 9.17) is 67.4 Å². The van der Waals surface area contributed by atoms with Gasteiger partial charge >= 0.3 is 0 Å². The molecular weight excluding hydrogens is 1570 g/mol. The topological polar surface area (TPSA) is 162 Å². The van der Waals surface area contributed by atoms with Crippen LogP contribution in [0.2, 0.25) is 0 Å². The van der Waals surface area contributed by atoms with E-state index in [1.165, 1.54) is 122 Å². The fourth-order valence-corrected chi connectivity index (χ4v) is 14.0. The highest BCUT2D eigenvalue weighted by atomic mass is 16.7. The van der Waals surface area contributed by atoms with Crippen molar-refractivity contribution in [3.63, 3.8) is 0 Å². The Morgan fingerprint density at radius 1 is 0.230 bits per heavy atom. The van der Waals surface area contributed by atoms with Crippen molar-refractivity contribution >= 4 is 0 Å². The number of phenols is 3. The molecule has 8 aromatic carbocycles. The number of benzene rings is 8. The highest BCUT2D eigenvalue weighted by Gasteiger charge is 2.18. The molecule has 704 valence electrons. The van der Waals surface area contributed by atoms with Crippen molar-refractivity contribution in [3.8, 4) is 46.0 Å². The van der Waals surface area contributed by atoms with Gasteiger partial charge in [-0.3, -0.25) is 0 Å². The zero-order chi connectivity index (χ0) is 93.0. The van der Waals surface area contributed by atoms with Crippen LogP contribution in [-0.2, 0) is 28.4 Å². The number of hydrogen-bond acceptors (Lipinski definition) is 14. The Bertz CT molecular complexity index is 3590. The summed E-state index contributed by atoms with van der Waals surface area (Å²) in [4.78, 5) is 0. The molecule has 14 heteroatoms. The summed E-state index contributed by atoms with van der Waals surface area (Å²) in [6.45, 7) is 54.9. The quantitative estimate of drug-likeness (QED) is 0.0245. The van der Waals surface area contributed by atoms with Gasteiger partial charge in [-0.15, -0.1) is 0 Å². The zero-order valence-electron chi connectivity index (χ0n) is 82.6. The molecule has 3 N–H and O–H groups in total. The molecule has 126 heavy (non-hydrogen) atoms. The van der Waals surface area contributed by atoms with Crippen molar-refractivity contribution in [2.75, 3.05) is 39.6 Å². The molecule has 0 heterocycles. The molecule has 2 aliphatic carbocycles. The maximum atomic E-state index is 9.01. The van der Waals surface area contributed by atoms with Gasteiger partial charge in [0.2, 0.25) is 0 Å². The van der Waals surface area contributed by atoms with Gasteiger partial charge in [0.15, 0.2) is 31.5 Å². The van der Waals surface area contributed by atoms with Gasteiger partial charge in [-0.25, -0.2) is 0 Å². The first kappa shape index (κ1) is 112. The minimum atomic E-state index is -0.251. The maximum absolute atomic E-state index is 9.01. The van der Waals surface area contributed by atoms with E-state index in [-0.39, 0.29) is 31.5 Å². The van der Waals surface area contributed by atoms with E-state index < -0.39 is 0 Å². The summed E-state index contributed by atoms with van der Waals surface area (Å²) in [5, 5.41) is 27.0. The van der Waals surface area contributed by atoms with Gasteiger partial charge < -0.3 is 67.4 Å². The number of rotatable bonds is 41. The van der Waals surface area contributed by atoms with Crippen molar-refractivity contribution in [2.45, 2.75) is 373 Å². The summed E-state index contributed by atoms with van der Waals surface area (Å²) in [6.07, 6.45) is 23.3. The van der Waals surface area contributed by atoms with Crippen molar-refractivity contribution < 1.29 is 67.4 Å². The maximum Gasteiger partial charge on any atom is 0.197 e. The highest BCUT2D eigenvalue weighted by Crippen LogP contribution is 2.32. The molecule has 8 aromatic rings. The van der Waals surface area contributed by atoms with Crippen LogP contribution in [0.3, 0.4) is 0 Å². The third-order valence-electron chi connectivity index (χ3n) is 24.2. The second kappa shape index (κ2) is 67.2. The molecule has 2 saturated carbocycles. The zero-order valence-corrected chi connectivity index (χ0v) is 82.6. The van der Waals surface area contributed by atoms with Crippen LogP contribution < -0.4 is 23.7 Å². The second-order valence-corrected chi connectivity index (χ2v) is 34.1. The SMILES string of the molecule is CCC(C)c1ccc(O)cc1.CCC(C)c1ccc(O)cc1.CCC(C)c1ccc(O)cc1.CCC(C)c1ccc(OC(C)OCCC2CCCCC2)cc1.CCC(C)c1ccc(OC(C)OCCOC2CCCCC2)cc1.CCOC(C)Oc1ccc(C(C)CC)cc1.CCOC(C)Oc1ccc(C(C)CC)cc1.CCOC(C)Oc1ccc(C(C)CC)cc1. The van der Waals surface area contributed by atoms with Crippen LogP contribution in [0.25, 0.3) is 0 Å². The van der Waals surface area contributed by atoms with Crippen molar-refractivity contribution in [1.29, 1.82) is 0 Å². The normalized spacial score (nSPS) is 15.6. The summed E-state index contributed by atoms with van der Waals surface area (Å²) >= 11 is 0.